The van der Waals surface area contributed by atoms with E-state index in [-0.39, 0.29) is 0 Å². The summed E-state index contributed by atoms with van der Waals surface area (Å²) in [5.41, 5.74) is 2.91. The van der Waals surface area contributed by atoms with Crippen LogP contribution in [0.5, 0.6) is 0 Å². The first-order valence-corrected chi connectivity index (χ1v) is 8.94. The largest absolute Gasteiger partial charge is 0.245 e. The third-order valence-electron chi connectivity index (χ3n) is 5.62. The van der Waals surface area contributed by atoms with Gasteiger partial charge in [-0.1, -0.05) is 25.0 Å². The first-order valence-electron chi connectivity index (χ1n) is 8.94. The van der Waals surface area contributed by atoms with Crippen LogP contribution >= 0.6 is 0 Å². The number of hydrogen-bond donors (Lipinski definition) is 0. The number of nitrogens with zero attached hydrogens (tertiary/aromatic N) is 2. The summed E-state index contributed by atoms with van der Waals surface area (Å²) in [7, 11) is 0. The van der Waals surface area contributed by atoms with E-state index in [9.17, 15) is 0 Å². The highest BCUT2D eigenvalue weighted by Gasteiger charge is 2.28. The van der Waals surface area contributed by atoms with Gasteiger partial charge in [-0.05, 0) is 63.5 Å². The second-order valence-electron chi connectivity index (χ2n) is 7.00. The van der Waals surface area contributed by atoms with Crippen molar-refractivity contribution in [3.8, 4) is 0 Å². The third-order valence-corrected chi connectivity index (χ3v) is 5.62. The third kappa shape index (κ3) is 2.49. The quantitative estimate of drug-likeness (QED) is 0.690. The summed E-state index contributed by atoms with van der Waals surface area (Å²) in [4.78, 5) is 0. The van der Waals surface area contributed by atoms with E-state index in [4.69, 9.17) is 0 Å². The van der Waals surface area contributed by atoms with Crippen LogP contribution in [0.1, 0.15) is 76.3 Å². The highest BCUT2D eigenvalue weighted by atomic mass is 15.2. The molecule has 21 heavy (non-hydrogen) atoms. The fraction of sp³-hybridized carbons (Fsp3) is 0.632. The predicted molar refractivity (Wildman–Crippen MR) is 86.4 cm³/mol. The molecule has 0 amide bonds. The lowest BCUT2D eigenvalue weighted by molar-refractivity contribution is -0.702. The highest BCUT2D eigenvalue weighted by Crippen LogP contribution is 2.32. The average Bonchev–Trinajstić information content (AvgIpc) is 2.96. The number of benzene rings is 1. The Morgan fingerprint density at radius 1 is 0.810 bits per heavy atom. The molecule has 2 nitrogen and oxygen atoms in total. The van der Waals surface area contributed by atoms with Crippen molar-refractivity contribution in [2.24, 2.45) is 0 Å². The lowest BCUT2D eigenvalue weighted by Crippen LogP contribution is -2.39. The van der Waals surface area contributed by atoms with Crippen LogP contribution in [-0.4, -0.2) is 4.57 Å². The van der Waals surface area contributed by atoms with Crippen molar-refractivity contribution >= 4 is 11.0 Å². The highest BCUT2D eigenvalue weighted by molar-refractivity contribution is 5.71. The van der Waals surface area contributed by atoms with Gasteiger partial charge in [0.15, 0.2) is 11.0 Å². The Hall–Kier alpha value is -1.31. The van der Waals surface area contributed by atoms with Crippen LogP contribution < -0.4 is 4.57 Å². The van der Waals surface area contributed by atoms with Crippen LogP contribution in [0.25, 0.3) is 11.0 Å². The fourth-order valence-corrected chi connectivity index (χ4v) is 4.46. The Balaban J connectivity index is 1.76. The van der Waals surface area contributed by atoms with Crippen LogP contribution in [0.3, 0.4) is 0 Å². The number of imidazole rings is 1. The zero-order chi connectivity index (χ0) is 14.1. The minimum absolute atomic E-state index is 0.730. The topological polar surface area (TPSA) is 8.81 Å². The van der Waals surface area contributed by atoms with E-state index in [1.807, 2.05) is 0 Å². The second kappa shape index (κ2) is 5.82. The van der Waals surface area contributed by atoms with Gasteiger partial charge in [0.25, 0.3) is 0 Å². The Bertz CT molecular complexity index is 549. The van der Waals surface area contributed by atoms with Crippen molar-refractivity contribution in [1.29, 1.82) is 0 Å². The van der Waals surface area contributed by atoms with E-state index in [2.05, 4.69) is 39.7 Å². The van der Waals surface area contributed by atoms with Crippen LogP contribution in [0.15, 0.2) is 30.6 Å². The van der Waals surface area contributed by atoms with E-state index in [0.717, 1.165) is 12.1 Å². The van der Waals surface area contributed by atoms with E-state index in [1.54, 1.807) is 0 Å². The van der Waals surface area contributed by atoms with Crippen molar-refractivity contribution in [2.45, 2.75) is 76.3 Å². The molecule has 1 aromatic carbocycles. The van der Waals surface area contributed by atoms with Gasteiger partial charge in [0.1, 0.15) is 12.1 Å². The molecule has 1 heterocycles. The zero-order valence-electron chi connectivity index (χ0n) is 13.0. The number of hydrogen-bond acceptors (Lipinski definition) is 0. The summed E-state index contributed by atoms with van der Waals surface area (Å²) in [6.45, 7) is 0. The molecule has 112 valence electrons. The lowest BCUT2D eigenvalue weighted by atomic mass is 9.95. The summed E-state index contributed by atoms with van der Waals surface area (Å²) in [6, 6.07) is 10.5. The summed E-state index contributed by atoms with van der Waals surface area (Å²) in [6.07, 6.45) is 16.4. The Morgan fingerprint density at radius 2 is 1.48 bits per heavy atom. The van der Waals surface area contributed by atoms with Crippen LogP contribution in [-0.2, 0) is 0 Å². The Labute approximate surface area is 127 Å². The molecule has 0 aliphatic heterocycles. The molecule has 0 spiro atoms. The van der Waals surface area contributed by atoms with Gasteiger partial charge in [0.05, 0.1) is 0 Å². The molecule has 0 radical (unpaired) electrons. The summed E-state index contributed by atoms with van der Waals surface area (Å²) in [5, 5.41) is 0. The van der Waals surface area contributed by atoms with Gasteiger partial charge < -0.3 is 0 Å². The number of para-hydroxylation sites is 2. The molecule has 2 saturated carbocycles. The van der Waals surface area contributed by atoms with E-state index < -0.39 is 0 Å². The van der Waals surface area contributed by atoms with Crippen LogP contribution in [0.4, 0.5) is 0 Å². The summed E-state index contributed by atoms with van der Waals surface area (Å²) >= 11 is 0. The van der Waals surface area contributed by atoms with Crippen LogP contribution in [0.2, 0.25) is 0 Å². The van der Waals surface area contributed by atoms with Crippen molar-refractivity contribution < 1.29 is 4.57 Å². The Kier molecular flexibility index (Phi) is 3.71. The van der Waals surface area contributed by atoms with E-state index >= 15 is 0 Å². The molecular formula is C19H27N2+. The molecule has 2 aliphatic carbocycles. The predicted octanol–water partition coefficient (Wildman–Crippen LogP) is 4.94. The van der Waals surface area contributed by atoms with Gasteiger partial charge in [0.2, 0.25) is 6.33 Å². The molecule has 0 unspecified atom stereocenters. The van der Waals surface area contributed by atoms with Crippen molar-refractivity contribution in [3.05, 3.63) is 30.6 Å². The SMILES string of the molecule is c1ccc2c(c1)n(C1CCCCC1)c[n+]2C1CCCCC1. The zero-order valence-corrected chi connectivity index (χ0v) is 13.0. The monoisotopic (exact) mass is 283 g/mol. The van der Waals surface area contributed by atoms with Gasteiger partial charge in [-0.3, -0.25) is 0 Å². The van der Waals surface area contributed by atoms with Gasteiger partial charge in [0, 0.05) is 0 Å². The molecule has 0 atom stereocenters. The maximum atomic E-state index is 2.60. The first-order chi connectivity index (χ1) is 10.4. The molecule has 2 heteroatoms. The number of aromatic nitrogens is 2. The molecule has 1 aromatic heterocycles. The summed E-state index contributed by atoms with van der Waals surface area (Å²) in [5.74, 6) is 0. The van der Waals surface area contributed by atoms with Crippen molar-refractivity contribution in [1.82, 2.24) is 4.57 Å². The van der Waals surface area contributed by atoms with E-state index in [1.165, 1.54) is 75.2 Å². The van der Waals surface area contributed by atoms with Gasteiger partial charge in [-0.25, -0.2) is 9.13 Å². The molecule has 2 aliphatic rings. The van der Waals surface area contributed by atoms with Gasteiger partial charge >= 0.3 is 0 Å². The first kappa shape index (κ1) is 13.4. The molecule has 0 N–H and O–H groups in total. The molecule has 0 saturated heterocycles. The molecule has 0 bridgehead atoms. The fourth-order valence-electron chi connectivity index (χ4n) is 4.46. The smallest absolute Gasteiger partial charge is 0.227 e. The van der Waals surface area contributed by atoms with Gasteiger partial charge in [-0.2, -0.15) is 0 Å². The normalized spacial score (nSPS) is 21.9. The van der Waals surface area contributed by atoms with Crippen molar-refractivity contribution in [3.63, 3.8) is 0 Å². The summed E-state index contributed by atoms with van der Waals surface area (Å²) < 4.78 is 5.20. The molecule has 2 aromatic rings. The van der Waals surface area contributed by atoms with E-state index in [0.29, 0.717) is 0 Å². The average molecular weight is 283 g/mol. The van der Waals surface area contributed by atoms with Crippen molar-refractivity contribution in [2.75, 3.05) is 0 Å². The number of rotatable bonds is 2. The van der Waals surface area contributed by atoms with Gasteiger partial charge in [-0.15, -0.1) is 0 Å². The minimum Gasteiger partial charge on any atom is -0.227 e. The second-order valence-corrected chi connectivity index (χ2v) is 7.00. The maximum absolute atomic E-state index is 2.60. The van der Waals surface area contributed by atoms with Crippen LogP contribution in [0, 0.1) is 0 Å². The lowest BCUT2D eigenvalue weighted by Gasteiger charge is -2.20. The standard InChI is InChI=1S/C19H27N2/c1-3-9-16(10-4-1)20-15-21(17-11-5-2-6-12-17)19-14-8-7-13-18(19)20/h7-8,13-17H,1-6,9-12H2/q+1. The molecule has 4 rings (SSSR count). The Morgan fingerprint density at radius 3 is 2.24 bits per heavy atom. The molecule has 2 fully saturated rings. The minimum atomic E-state index is 0.730. The molecular weight excluding hydrogens is 256 g/mol. The maximum Gasteiger partial charge on any atom is 0.245 e. The number of fused-ring (bicyclic) bond motifs is 1.